The second kappa shape index (κ2) is 4.92. The van der Waals surface area contributed by atoms with Crippen LogP contribution in [0.2, 0.25) is 0 Å². The van der Waals surface area contributed by atoms with E-state index in [0.29, 0.717) is 31.0 Å². The van der Waals surface area contributed by atoms with E-state index in [1.54, 1.807) is 0 Å². The minimum atomic E-state index is -1.28. The molecule has 1 fully saturated rings. The van der Waals surface area contributed by atoms with Gasteiger partial charge in [-0.2, -0.15) is 0 Å². The Morgan fingerprint density at radius 3 is 2.57 bits per heavy atom. The summed E-state index contributed by atoms with van der Waals surface area (Å²) in [6.07, 6.45) is 1.51. The maximum Gasteiger partial charge on any atom is 0.261 e. The summed E-state index contributed by atoms with van der Waals surface area (Å²) < 4.78 is 18.2. The van der Waals surface area contributed by atoms with Crippen molar-refractivity contribution in [1.29, 1.82) is 0 Å². The summed E-state index contributed by atoms with van der Waals surface area (Å²) >= 11 is 0. The van der Waals surface area contributed by atoms with Crippen LogP contribution < -0.4 is 0 Å². The van der Waals surface area contributed by atoms with Crippen LogP contribution in [-0.4, -0.2) is 24.6 Å². The number of hydrogen-bond acceptors (Lipinski definition) is 4. The van der Waals surface area contributed by atoms with Crippen LogP contribution in [0.25, 0.3) is 5.76 Å². The Kier molecular flexibility index (Phi) is 3.19. The number of ketones is 1. The molecule has 0 amide bonds. The van der Waals surface area contributed by atoms with Crippen LogP contribution in [0.15, 0.2) is 29.8 Å². The minimum absolute atomic E-state index is 0.0893. The Morgan fingerprint density at radius 1 is 1.13 bits per heavy atom. The van der Waals surface area contributed by atoms with Gasteiger partial charge in [0.1, 0.15) is 11.4 Å². The van der Waals surface area contributed by atoms with E-state index in [-0.39, 0.29) is 17.3 Å². The van der Waals surface area contributed by atoms with Gasteiger partial charge in [0.25, 0.3) is 5.79 Å². The first-order chi connectivity index (χ1) is 10.9. The molecular formula is C19H22O4. The molecule has 1 aliphatic carbocycles. The van der Waals surface area contributed by atoms with E-state index in [0.717, 1.165) is 17.5 Å². The summed E-state index contributed by atoms with van der Waals surface area (Å²) in [6, 6.07) is 7.78. The Morgan fingerprint density at radius 2 is 1.83 bits per heavy atom. The van der Waals surface area contributed by atoms with E-state index in [9.17, 15) is 4.79 Å². The Labute approximate surface area is 136 Å². The predicted octanol–water partition coefficient (Wildman–Crippen LogP) is 3.41. The largest absolute Gasteiger partial charge is 0.487 e. The summed E-state index contributed by atoms with van der Waals surface area (Å²) in [5, 5.41) is 0. The van der Waals surface area contributed by atoms with Crippen LogP contribution >= 0.6 is 0 Å². The van der Waals surface area contributed by atoms with Gasteiger partial charge in [0.2, 0.25) is 5.78 Å². The number of ether oxygens (including phenoxy) is 3. The smallest absolute Gasteiger partial charge is 0.261 e. The molecule has 1 aromatic carbocycles. The van der Waals surface area contributed by atoms with Crippen LogP contribution in [0, 0.1) is 5.92 Å². The maximum atomic E-state index is 13.2. The number of Topliss-reactive ketones (excluding diaryl/α,β-unsaturated/α-hetero) is 1. The Bertz CT molecular complexity index is 693. The van der Waals surface area contributed by atoms with Crippen LogP contribution in [0.3, 0.4) is 0 Å². The van der Waals surface area contributed by atoms with Gasteiger partial charge in [-0.1, -0.05) is 31.2 Å². The summed E-state index contributed by atoms with van der Waals surface area (Å²) in [5.41, 5.74) is 2.13. The number of carbonyl (C=O) groups excluding carboxylic acids is 1. The lowest BCUT2D eigenvalue weighted by Crippen LogP contribution is -2.51. The highest BCUT2D eigenvalue weighted by atomic mass is 16.7. The fourth-order valence-electron chi connectivity index (χ4n) is 3.55. The normalized spacial score (nSPS) is 32.3. The number of benzene rings is 1. The van der Waals surface area contributed by atoms with Crippen LogP contribution in [0.1, 0.15) is 44.7 Å². The zero-order chi connectivity index (χ0) is 16.2. The van der Waals surface area contributed by atoms with Gasteiger partial charge >= 0.3 is 0 Å². The molecule has 0 bridgehead atoms. The second-order valence-electron chi connectivity index (χ2n) is 7.39. The molecule has 0 saturated carbocycles. The molecular weight excluding hydrogens is 292 g/mol. The third-order valence-electron chi connectivity index (χ3n) is 4.87. The molecule has 4 nitrogen and oxygen atoms in total. The summed E-state index contributed by atoms with van der Waals surface area (Å²) in [6.45, 7) is 7.22. The summed E-state index contributed by atoms with van der Waals surface area (Å²) in [7, 11) is 0. The van der Waals surface area contributed by atoms with E-state index in [2.05, 4.69) is 20.8 Å². The SMILES string of the molecule is CC1(C)CCC2=C(O1)c1ccccc1[C@]1(OC[C@@H](C)CO1)C2=O. The monoisotopic (exact) mass is 314 g/mol. The van der Waals surface area contributed by atoms with Crippen molar-refractivity contribution >= 4 is 11.5 Å². The number of rotatable bonds is 0. The van der Waals surface area contributed by atoms with Crippen LogP contribution in [0.5, 0.6) is 0 Å². The molecule has 0 N–H and O–H groups in total. The molecule has 3 aliphatic rings. The molecule has 0 atom stereocenters. The van der Waals surface area contributed by atoms with Crippen molar-refractivity contribution in [3.05, 3.63) is 41.0 Å². The fraction of sp³-hybridized carbons (Fsp3) is 0.526. The topological polar surface area (TPSA) is 44.8 Å². The Balaban J connectivity index is 1.88. The van der Waals surface area contributed by atoms with Crippen molar-refractivity contribution in [2.75, 3.05) is 13.2 Å². The lowest BCUT2D eigenvalue weighted by molar-refractivity contribution is -0.272. The zero-order valence-electron chi connectivity index (χ0n) is 13.8. The van der Waals surface area contributed by atoms with Gasteiger partial charge in [-0.25, -0.2) is 0 Å². The second-order valence-corrected chi connectivity index (χ2v) is 7.39. The molecule has 1 saturated heterocycles. The quantitative estimate of drug-likeness (QED) is 0.736. The molecule has 0 aromatic heterocycles. The number of carbonyl (C=O) groups is 1. The van der Waals surface area contributed by atoms with E-state index < -0.39 is 5.79 Å². The van der Waals surface area contributed by atoms with Crippen molar-refractivity contribution < 1.29 is 19.0 Å². The zero-order valence-corrected chi connectivity index (χ0v) is 13.8. The van der Waals surface area contributed by atoms with E-state index in [1.807, 2.05) is 24.3 Å². The van der Waals surface area contributed by atoms with E-state index in [1.165, 1.54) is 0 Å². The minimum Gasteiger partial charge on any atom is -0.487 e. The third-order valence-corrected chi connectivity index (χ3v) is 4.87. The molecule has 1 aromatic rings. The molecule has 4 heteroatoms. The number of hydrogen-bond donors (Lipinski definition) is 0. The average Bonchev–Trinajstić information content (AvgIpc) is 2.54. The highest BCUT2D eigenvalue weighted by Gasteiger charge is 2.53. The van der Waals surface area contributed by atoms with Crippen molar-refractivity contribution in [3.63, 3.8) is 0 Å². The van der Waals surface area contributed by atoms with Crippen molar-refractivity contribution in [2.24, 2.45) is 5.92 Å². The van der Waals surface area contributed by atoms with E-state index >= 15 is 0 Å². The van der Waals surface area contributed by atoms with Crippen molar-refractivity contribution in [3.8, 4) is 0 Å². The van der Waals surface area contributed by atoms with Gasteiger partial charge in [-0.05, 0) is 26.7 Å². The molecule has 23 heavy (non-hydrogen) atoms. The lowest BCUT2D eigenvalue weighted by atomic mass is 9.79. The highest BCUT2D eigenvalue weighted by Crippen LogP contribution is 2.49. The Hall–Kier alpha value is -1.65. The standard InChI is InChI=1S/C19H22O4/c1-12-10-21-19(22-11-12)15-7-5-4-6-13(15)16-14(17(19)20)8-9-18(2,3)23-16/h4-7,12H,8-11H2,1-3H3/t12-,19-. The molecule has 2 heterocycles. The van der Waals surface area contributed by atoms with Gasteiger partial charge < -0.3 is 14.2 Å². The first-order valence-electron chi connectivity index (χ1n) is 8.28. The third kappa shape index (κ3) is 2.16. The molecule has 1 spiro atoms. The molecule has 4 rings (SSSR count). The van der Waals surface area contributed by atoms with Crippen LogP contribution in [0.4, 0.5) is 0 Å². The van der Waals surface area contributed by atoms with Crippen molar-refractivity contribution in [2.45, 2.75) is 45.0 Å². The number of fused-ring (bicyclic) bond motifs is 3. The predicted molar refractivity (Wildman–Crippen MR) is 85.5 cm³/mol. The maximum absolute atomic E-state index is 13.2. The average molecular weight is 314 g/mol. The van der Waals surface area contributed by atoms with Gasteiger partial charge in [0, 0.05) is 22.6 Å². The first-order valence-corrected chi connectivity index (χ1v) is 8.28. The summed E-state index contributed by atoms with van der Waals surface area (Å²) in [5.74, 6) is -0.378. The van der Waals surface area contributed by atoms with Crippen molar-refractivity contribution in [1.82, 2.24) is 0 Å². The van der Waals surface area contributed by atoms with Gasteiger partial charge in [0.05, 0.1) is 13.2 Å². The highest BCUT2D eigenvalue weighted by molar-refractivity contribution is 6.10. The fourth-order valence-corrected chi connectivity index (χ4v) is 3.55. The van der Waals surface area contributed by atoms with Crippen LogP contribution in [-0.2, 0) is 24.8 Å². The first kappa shape index (κ1) is 14.9. The van der Waals surface area contributed by atoms with Gasteiger partial charge in [-0.3, -0.25) is 4.79 Å². The molecule has 0 unspecified atom stereocenters. The molecule has 0 radical (unpaired) electrons. The molecule has 2 aliphatic heterocycles. The summed E-state index contributed by atoms with van der Waals surface area (Å²) in [4.78, 5) is 13.2. The molecule has 122 valence electrons. The van der Waals surface area contributed by atoms with Gasteiger partial charge in [-0.15, -0.1) is 0 Å². The van der Waals surface area contributed by atoms with E-state index in [4.69, 9.17) is 14.2 Å². The lowest BCUT2D eigenvalue weighted by Gasteiger charge is -2.45. The van der Waals surface area contributed by atoms with Gasteiger partial charge in [0.15, 0.2) is 0 Å².